The average Bonchev–Trinajstić information content (AvgIpc) is 2.87. The summed E-state index contributed by atoms with van der Waals surface area (Å²) in [6.07, 6.45) is -2.60. The van der Waals surface area contributed by atoms with Crippen LogP contribution in [0.1, 0.15) is 31.2 Å². The number of epoxide rings is 1. The van der Waals surface area contributed by atoms with Crippen LogP contribution in [0.15, 0.2) is 30.3 Å². The highest BCUT2D eigenvalue weighted by atomic mass is 19.4. The summed E-state index contributed by atoms with van der Waals surface area (Å²) < 4.78 is 43.7. The van der Waals surface area contributed by atoms with Gasteiger partial charge in [-0.05, 0) is 24.8 Å². The molecule has 2 aliphatic rings. The monoisotopic (exact) mass is 242 g/mol. The fourth-order valence-corrected chi connectivity index (χ4v) is 2.92. The SMILES string of the molecule is FC(F)(F)CC1(c2ccccc2)OC12CCC2. The van der Waals surface area contributed by atoms with E-state index in [1.807, 2.05) is 0 Å². The van der Waals surface area contributed by atoms with Crippen molar-refractivity contribution in [1.29, 1.82) is 0 Å². The van der Waals surface area contributed by atoms with Crippen molar-refractivity contribution in [3.63, 3.8) is 0 Å². The molecule has 1 aliphatic carbocycles. The number of hydrogen-bond donors (Lipinski definition) is 0. The molecule has 1 unspecified atom stereocenters. The number of ether oxygens (including phenoxy) is 1. The average molecular weight is 242 g/mol. The first-order valence-electron chi connectivity index (χ1n) is 5.80. The molecule has 2 fully saturated rings. The Hall–Kier alpha value is -1.03. The van der Waals surface area contributed by atoms with Crippen molar-refractivity contribution in [1.82, 2.24) is 0 Å². The van der Waals surface area contributed by atoms with Crippen LogP contribution in [-0.4, -0.2) is 11.8 Å². The standard InChI is InChI=1S/C13H13F3O/c14-13(15,16)9-12(10-5-2-1-3-6-10)11(17-12)7-4-8-11/h1-3,5-6H,4,7-9H2. The van der Waals surface area contributed by atoms with Crippen LogP contribution in [-0.2, 0) is 10.3 Å². The molecule has 1 atom stereocenters. The zero-order valence-electron chi connectivity index (χ0n) is 9.26. The van der Waals surface area contributed by atoms with Gasteiger partial charge in [0.25, 0.3) is 0 Å². The van der Waals surface area contributed by atoms with E-state index in [-0.39, 0.29) is 0 Å². The van der Waals surface area contributed by atoms with Crippen molar-refractivity contribution in [2.75, 3.05) is 0 Å². The first kappa shape index (κ1) is 11.1. The maximum absolute atomic E-state index is 12.7. The molecule has 1 aromatic carbocycles. The lowest BCUT2D eigenvalue weighted by Gasteiger charge is -2.28. The second-order valence-corrected chi connectivity index (χ2v) is 4.93. The van der Waals surface area contributed by atoms with Gasteiger partial charge >= 0.3 is 6.18 Å². The zero-order chi connectivity index (χ0) is 12.1. The molecule has 1 heterocycles. The maximum atomic E-state index is 12.7. The Morgan fingerprint density at radius 1 is 1.12 bits per heavy atom. The summed E-state index contributed by atoms with van der Waals surface area (Å²) in [6, 6.07) is 8.81. The highest BCUT2D eigenvalue weighted by Crippen LogP contribution is 2.68. The number of benzene rings is 1. The van der Waals surface area contributed by atoms with Gasteiger partial charge in [-0.1, -0.05) is 30.3 Å². The second-order valence-electron chi connectivity index (χ2n) is 4.93. The summed E-state index contributed by atoms with van der Waals surface area (Å²) in [5.74, 6) is 0. The van der Waals surface area contributed by atoms with Gasteiger partial charge in [0.05, 0.1) is 6.42 Å². The smallest absolute Gasteiger partial charge is 0.357 e. The van der Waals surface area contributed by atoms with Gasteiger partial charge in [0.2, 0.25) is 0 Å². The Morgan fingerprint density at radius 3 is 2.18 bits per heavy atom. The minimum absolute atomic E-state index is 0.524. The summed E-state index contributed by atoms with van der Waals surface area (Å²) in [5.41, 5.74) is -0.966. The van der Waals surface area contributed by atoms with Crippen molar-refractivity contribution in [3.8, 4) is 0 Å². The van der Waals surface area contributed by atoms with Crippen molar-refractivity contribution in [2.45, 2.75) is 43.1 Å². The number of halogens is 3. The predicted octanol–water partition coefficient (Wildman–Crippen LogP) is 3.79. The number of rotatable bonds is 2. The lowest BCUT2D eigenvalue weighted by Crippen LogP contribution is -2.34. The molecule has 1 saturated heterocycles. The maximum Gasteiger partial charge on any atom is 0.392 e. The Balaban J connectivity index is 1.94. The first-order valence-corrected chi connectivity index (χ1v) is 5.80. The molecule has 0 N–H and O–H groups in total. The zero-order valence-corrected chi connectivity index (χ0v) is 9.26. The van der Waals surface area contributed by atoms with Gasteiger partial charge < -0.3 is 4.74 Å². The van der Waals surface area contributed by atoms with E-state index in [1.54, 1.807) is 30.3 Å². The Bertz CT molecular complexity index is 422. The molecule has 1 aliphatic heterocycles. The third-order valence-electron chi connectivity index (χ3n) is 3.91. The van der Waals surface area contributed by atoms with E-state index in [0.29, 0.717) is 5.56 Å². The van der Waals surface area contributed by atoms with E-state index in [4.69, 9.17) is 4.74 Å². The third kappa shape index (κ3) is 1.58. The summed E-state index contributed by atoms with van der Waals surface area (Å²) in [7, 11) is 0. The van der Waals surface area contributed by atoms with Gasteiger partial charge in [0.1, 0.15) is 11.2 Å². The van der Waals surface area contributed by atoms with Crippen molar-refractivity contribution >= 4 is 0 Å². The van der Waals surface area contributed by atoms with Crippen LogP contribution in [0.4, 0.5) is 13.2 Å². The summed E-state index contributed by atoms with van der Waals surface area (Å²) in [5, 5.41) is 0. The summed E-state index contributed by atoms with van der Waals surface area (Å²) in [4.78, 5) is 0. The molecule has 0 aromatic heterocycles. The van der Waals surface area contributed by atoms with Crippen LogP contribution in [0, 0.1) is 0 Å². The van der Waals surface area contributed by atoms with Crippen molar-refractivity contribution in [3.05, 3.63) is 35.9 Å². The molecule has 3 rings (SSSR count). The van der Waals surface area contributed by atoms with Gasteiger partial charge in [-0.25, -0.2) is 0 Å². The van der Waals surface area contributed by atoms with Crippen LogP contribution in [0.25, 0.3) is 0 Å². The summed E-state index contributed by atoms with van der Waals surface area (Å²) in [6.45, 7) is 0. The van der Waals surface area contributed by atoms with Gasteiger partial charge in [0, 0.05) is 0 Å². The van der Waals surface area contributed by atoms with Crippen molar-refractivity contribution < 1.29 is 17.9 Å². The van der Waals surface area contributed by atoms with Gasteiger partial charge in [-0.15, -0.1) is 0 Å². The van der Waals surface area contributed by atoms with Gasteiger partial charge in [0.15, 0.2) is 0 Å². The molecule has 1 saturated carbocycles. The summed E-state index contributed by atoms with van der Waals surface area (Å²) >= 11 is 0. The molecule has 0 bridgehead atoms. The lowest BCUT2D eigenvalue weighted by atomic mass is 9.71. The van der Waals surface area contributed by atoms with Crippen LogP contribution in [0.5, 0.6) is 0 Å². The highest BCUT2D eigenvalue weighted by Gasteiger charge is 2.75. The molecular formula is C13H13F3O. The minimum Gasteiger partial charge on any atom is -0.357 e. The second kappa shape index (κ2) is 3.25. The highest BCUT2D eigenvalue weighted by molar-refractivity contribution is 5.36. The quantitative estimate of drug-likeness (QED) is 0.719. The van der Waals surface area contributed by atoms with Crippen LogP contribution in [0.2, 0.25) is 0 Å². The normalized spacial score (nSPS) is 30.1. The Labute approximate surface area is 97.6 Å². The fraction of sp³-hybridized carbons (Fsp3) is 0.538. The Kier molecular flexibility index (Phi) is 2.12. The van der Waals surface area contributed by atoms with Gasteiger partial charge in [-0.3, -0.25) is 0 Å². The van der Waals surface area contributed by atoms with E-state index >= 15 is 0 Å². The minimum atomic E-state index is -4.19. The van der Waals surface area contributed by atoms with Crippen LogP contribution < -0.4 is 0 Å². The fourth-order valence-electron chi connectivity index (χ4n) is 2.92. The van der Waals surface area contributed by atoms with E-state index in [0.717, 1.165) is 19.3 Å². The van der Waals surface area contributed by atoms with Crippen LogP contribution in [0.3, 0.4) is 0 Å². The third-order valence-corrected chi connectivity index (χ3v) is 3.91. The predicted molar refractivity (Wildman–Crippen MR) is 56.5 cm³/mol. The van der Waals surface area contributed by atoms with E-state index in [9.17, 15) is 13.2 Å². The molecule has 92 valence electrons. The topological polar surface area (TPSA) is 12.5 Å². The van der Waals surface area contributed by atoms with Gasteiger partial charge in [-0.2, -0.15) is 13.2 Å². The first-order chi connectivity index (χ1) is 7.98. The molecule has 1 nitrogen and oxygen atoms in total. The number of alkyl halides is 3. The molecule has 1 spiro atoms. The van der Waals surface area contributed by atoms with Crippen molar-refractivity contribution in [2.24, 2.45) is 0 Å². The molecule has 0 amide bonds. The molecule has 0 radical (unpaired) electrons. The molecular weight excluding hydrogens is 229 g/mol. The van der Waals surface area contributed by atoms with E-state index in [1.165, 1.54) is 0 Å². The Morgan fingerprint density at radius 2 is 1.76 bits per heavy atom. The van der Waals surface area contributed by atoms with E-state index in [2.05, 4.69) is 0 Å². The lowest BCUT2D eigenvalue weighted by molar-refractivity contribution is -0.148. The molecule has 17 heavy (non-hydrogen) atoms. The number of hydrogen-bond acceptors (Lipinski definition) is 1. The van der Waals surface area contributed by atoms with E-state index < -0.39 is 23.8 Å². The molecule has 1 aromatic rings. The molecule has 4 heteroatoms. The van der Waals surface area contributed by atoms with Crippen LogP contribution >= 0.6 is 0 Å². The largest absolute Gasteiger partial charge is 0.392 e.